The standard InChI is InChI=1S/C18H26BrNS/c1-11(17-6-16(19)10-21-17)20-12(2)18-7-13-3-14(8-18)5-15(4-13)9-18/h6,10-15,20H,3-5,7-9H2,1-2H3. The maximum atomic E-state index is 3.96. The lowest BCUT2D eigenvalue weighted by Gasteiger charge is -2.59. The van der Waals surface area contributed by atoms with E-state index < -0.39 is 0 Å². The quantitative estimate of drug-likeness (QED) is 0.712. The largest absolute Gasteiger partial charge is 0.306 e. The molecule has 1 heterocycles. The molecule has 2 unspecified atom stereocenters. The van der Waals surface area contributed by atoms with Crippen molar-refractivity contribution in [2.45, 2.75) is 64.5 Å². The van der Waals surface area contributed by atoms with Crippen LogP contribution in [0.25, 0.3) is 0 Å². The van der Waals surface area contributed by atoms with E-state index in [9.17, 15) is 0 Å². The van der Waals surface area contributed by atoms with Crippen LogP contribution in [0.2, 0.25) is 0 Å². The minimum atomic E-state index is 0.476. The van der Waals surface area contributed by atoms with Crippen LogP contribution >= 0.6 is 27.3 Å². The van der Waals surface area contributed by atoms with E-state index in [0.29, 0.717) is 17.5 Å². The van der Waals surface area contributed by atoms with Gasteiger partial charge in [0.15, 0.2) is 0 Å². The molecule has 0 aliphatic heterocycles. The highest BCUT2D eigenvalue weighted by Crippen LogP contribution is 2.61. The van der Waals surface area contributed by atoms with Crippen molar-refractivity contribution in [2.24, 2.45) is 23.2 Å². The summed E-state index contributed by atoms with van der Waals surface area (Å²) in [7, 11) is 0. The molecule has 0 aromatic carbocycles. The van der Waals surface area contributed by atoms with Gasteiger partial charge in [-0.1, -0.05) is 0 Å². The Balaban J connectivity index is 1.48. The summed E-state index contributed by atoms with van der Waals surface area (Å²) in [5, 5.41) is 6.15. The van der Waals surface area contributed by atoms with Gasteiger partial charge in [0, 0.05) is 26.8 Å². The SMILES string of the molecule is CC(NC(C)C12CC3CC(CC(C3)C1)C2)c1cc(Br)cs1. The van der Waals surface area contributed by atoms with Gasteiger partial charge < -0.3 is 5.32 Å². The molecule has 4 bridgehead atoms. The molecule has 4 aliphatic rings. The Morgan fingerprint density at radius 3 is 2.19 bits per heavy atom. The minimum absolute atomic E-state index is 0.476. The second kappa shape index (κ2) is 5.35. The molecule has 4 aliphatic carbocycles. The van der Waals surface area contributed by atoms with Crippen LogP contribution in [-0.4, -0.2) is 6.04 Å². The first-order chi connectivity index (χ1) is 10.0. The number of halogens is 1. The van der Waals surface area contributed by atoms with Crippen LogP contribution in [0, 0.1) is 23.2 Å². The Labute approximate surface area is 141 Å². The first-order valence-electron chi connectivity index (χ1n) is 8.54. The van der Waals surface area contributed by atoms with Crippen LogP contribution in [0.15, 0.2) is 15.9 Å². The first-order valence-corrected chi connectivity index (χ1v) is 10.2. The third kappa shape index (κ3) is 2.64. The number of nitrogens with one attached hydrogen (secondary N) is 1. The molecule has 0 radical (unpaired) electrons. The van der Waals surface area contributed by atoms with Crippen LogP contribution < -0.4 is 5.32 Å². The summed E-state index contributed by atoms with van der Waals surface area (Å²) in [6.45, 7) is 4.79. The van der Waals surface area contributed by atoms with Crippen molar-refractivity contribution in [2.75, 3.05) is 0 Å². The normalized spacial score (nSPS) is 40.4. The maximum Gasteiger partial charge on any atom is 0.0388 e. The number of thiophene rings is 1. The summed E-state index contributed by atoms with van der Waals surface area (Å²) < 4.78 is 1.22. The fourth-order valence-corrected chi connectivity index (χ4v) is 7.36. The van der Waals surface area contributed by atoms with Gasteiger partial charge in [0.25, 0.3) is 0 Å². The molecule has 4 fully saturated rings. The summed E-state index contributed by atoms with van der Waals surface area (Å²) in [5.74, 6) is 3.14. The zero-order valence-electron chi connectivity index (χ0n) is 13.1. The van der Waals surface area contributed by atoms with Crippen molar-refractivity contribution in [1.82, 2.24) is 5.32 Å². The molecule has 116 valence electrons. The second-order valence-corrected chi connectivity index (χ2v) is 9.92. The molecule has 1 aromatic heterocycles. The molecular weight excluding hydrogens is 342 g/mol. The number of hydrogen-bond acceptors (Lipinski definition) is 2. The average molecular weight is 368 g/mol. The molecule has 3 heteroatoms. The summed E-state index contributed by atoms with van der Waals surface area (Å²) in [6.07, 6.45) is 9.11. The third-order valence-electron chi connectivity index (χ3n) is 6.52. The number of hydrogen-bond donors (Lipinski definition) is 1. The van der Waals surface area contributed by atoms with Crippen LogP contribution in [-0.2, 0) is 0 Å². The molecule has 1 aromatic rings. The third-order valence-corrected chi connectivity index (χ3v) is 8.39. The maximum absolute atomic E-state index is 3.96. The van der Waals surface area contributed by atoms with Gasteiger partial charge in [-0.15, -0.1) is 11.3 Å². The lowest BCUT2D eigenvalue weighted by molar-refractivity contribution is -0.0718. The Kier molecular flexibility index (Phi) is 3.75. The van der Waals surface area contributed by atoms with Gasteiger partial charge in [-0.3, -0.25) is 0 Å². The van der Waals surface area contributed by atoms with Gasteiger partial charge >= 0.3 is 0 Å². The topological polar surface area (TPSA) is 12.0 Å². The highest BCUT2D eigenvalue weighted by Gasteiger charge is 2.53. The predicted molar refractivity (Wildman–Crippen MR) is 93.6 cm³/mol. The Morgan fingerprint density at radius 1 is 1.14 bits per heavy atom. The average Bonchev–Trinajstić information content (AvgIpc) is 2.84. The molecule has 0 saturated heterocycles. The molecule has 2 atom stereocenters. The Morgan fingerprint density at radius 2 is 1.71 bits per heavy atom. The highest BCUT2D eigenvalue weighted by atomic mass is 79.9. The van der Waals surface area contributed by atoms with E-state index in [4.69, 9.17) is 0 Å². The summed E-state index contributed by atoms with van der Waals surface area (Å²) in [5.41, 5.74) is 0.609. The summed E-state index contributed by atoms with van der Waals surface area (Å²) in [4.78, 5) is 1.46. The van der Waals surface area contributed by atoms with E-state index in [1.165, 1.54) is 28.6 Å². The van der Waals surface area contributed by atoms with E-state index in [1.54, 1.807) is 19.3 Å². The summed E-state index contributed by atoms with van der Waals surface area (Å²) >= 11 is 5.45. The van der Waals surface area contributed by atoms with Gasteiger partial charge in [-0.05, 0) is 97.5 Å². The zero-order valence-corrected chi connectivity index (χ0v) is 15.5. The molecule has 4 saturated carbocycles. The van der Waals surface area contributed by atoms with Gasteiger partial charge in [0.2, 0.25) is 0 Å². The van der Waals surface area contributed by atoms with E-state index in [-0.39, 0.29) is 0 Å². The van der Waals surface area contributed by atoms with Crippen molar-refractivity contribution >= 4 is 27.3 Å². The zero-order chi connectivity index (χ0) is 14.6. The van der Waals surface area contributed by atoms with Crippen LogP contribution in [0.5, 0.6) is 0 Å². The van der Waals surface area contributed by atoms with Crippen molar-refractivity contribution in [1.29, 1.82) is 0 Å². The molecular formula is C18H26BrNS. The van der Waals surface area contributed by atoms with E-state index in [1.807, 2.05) is 11.3 Å². The smallest absolute Gasteiger partial charge is 0.0388 e. The molecule has 0 amide bonds. The van der Waals surface area contributed by atoms with E-state index in [0.717, 1.165) is 17.8 Å². The van der Waals surface area contributed by atoms with Gasteiger partial charge in [0.1, 0.15) is 0 Å². The van der Waals surface area contributed by atoms with Crippen LogP contribution in [0.4, 0.5) is 0 Å². The van der Waals surface area contributed by atoms with Gasteiger partial charge in [-0.2, -0.15) is 0 Å². The van der Waals surface area contributed by atoms with Gasteiger partial charge in [0.05, 0.1) is 0 Å². The first kappa shape index (κ1) is 14.7. The fraction of sp³-hybridized carbons (Fsp3) is 0.778. The lowest BCUT2D eigenvalue weighted by Crippen LogP contribution is -2.55. The summed E-state index contributed by atoms with van der Waals surface area (Å²) in [6, 6.07) is 3.40. The second-order valence-electron chi connectivity index (χ2n) is 8.06. The molecule has 21 heavy (non-hydrogen) atoms. The molecule has 1 nitrogen and oxygen atoms in total. The Bertz CT molecular complexity index is 488. The minimum Gasteiger partial charge on any atom is -0.306 e. The monoisotopic (exact) mass is 367 g/mol. The van der Waals surface area contributed by atoms with Crippen LogP contribution in [0.1, 0.15) is 63.3 Å². The lowest BCUT2D eigenvalue weighted by atomic mass is 9.48. The molecule has 5 rings (SSSR count). The van der Waals surface area contributed by atoms with E-state index in [2.05, 4.69) is 46.5 Å². The van der Waals surface area contributed by atoms with E-state index >= 15 is 0 Å². The predicted octanol–water partition coefficient (Wildman–Crippen LogP) is 5.77. The van der Waals surface area contributed by atoms with Crippen molar-refractivity contribution in [3.8, 4) is 0 Å². The van der Waals surface area contributed by atoms with Crippen molar-refractivity contribution in [3.63, 3.8) is 0 Å². The molecule has 1 N–H and O–H groups in total. The number of rotatable bonds is 4. The van der Waals surface area contributed by atoms with Crippen molar-refractivity contribution in [3.05, 3.63) is 20.8 Å². The van der Waals surface area contributed by atoms with Crippen LogP contribution in [0.3, 0.4) is 0 Å². The molecule has 0 spiro atoms. The highest BCUT2D eigenvalue weighted by molar-refractivity contribution is 9.10. The van der Waals surface area contributed by atoms with Gasteiger partial charge in [-0.25, -0.2) is 0 Å². The van der Waals surface area contributed by atoms with Crippen molar-refractivity contribution < 1.29 is 0 Å². The Hall–Kier alpha value is 0.140. The fourth-order valence-electron chi connectivity index (χ4n) is 5.90.